The predicted octanol–water partition coefficient (Wildman–Crippen LogP) is 0.987. The van der Waals surface area contributed by atoms with Gasteiger partial charge in [0, 0.05) is 24.9 Å². The van der Waals surface area contributed by atoms with E-state index >= 15 is 0 Å². The first-order valence-electron chi connectivity index (χ1n) is 5.18. The average molecular weight is 241 g/mol. The lowest BCUT2D eigenvalue weighted by Gasteiger charge is -2.19. The first kappa shape index (κ1) is 12.7. The van der Waals surface area contributed by atoms with Crippen LogP contribution < -0.4 is 5.73 Å². The largest absolute Gasteiger partial charge is 0.462 e. The SMILES string of the molecule is CCOC(=O)/C(SC#N)=C(\N)N1CCCC1. The van der Waals surface area contributed by atoms with Crippen molar-refractivity contribution < 1.29 is 9.53 Å². The van der Waals surface area contributed by atoms with Crippen molar-refractivity contribution in [2.45, 2.75) is 19.8 Å². The van der Waals surface area contributed by atoms with Gasteiger partial charge >= 0.3 is 5.97 Å². The summed E-state index contributed by atoms with van der Waals surface area (Å²) >= 11 is 0.763. The monoisotopic (exact) mass is 241 g/mol. The molecule has 1 rings (SSSR count). The van der Waals surface area contributed by atoms with Crippen molar-refractivity contribution in [2.75, 3.05) is 19.7 Å². The summed E-state index contributed by atoms with van der Waals surface area (Å²) < 4.78 is 4.86. The van der Waals surface area contributed by atoms with Gasteiger partial charge in [-0.3, -0.25) is 0 Å². The topological polar surface area (TPSA) is 79.3 Å². The van der Waals surface area contributed by atoms with Crippen LogP contribution in [-0.2, 0) is 9.53 Å². The zero-order valence-electron chi connectivity index (χ0n) is 9.23. The second-order valence-electron chi connectivity index (χ2n) is 3.32. The van der Waals surface area contributed by atoms with Crippen LogP contribution in [0.2, 0.25) is 0 Å². The third kappa shape index (κ3) is 3.07. The molecule has 0 aromatic rings. The Bertz CT molecular complexity index is 329. The Morgan fingerprint density at radius 1 is 1.56 bits per heavy atom. The van der Waals surface area contributed by atoms with Crippen LogP contribution in [0.4, 0.5) is 0 Å². The second kappa shape index (κ2) is 6.28. The number of thiocyanates is 1. The maximum atomic E-state index is 11.6. The second-order valence-corrected chi connectivity index (χ2v) is 4.12. The molecule has 0 radical (unpaired) electrons. The van der Waals surface area contributed by atoms with Gasteiger partial charge in [-0.2, -0.15) is 5.26 Å². The number of likely N-dealkylation sites (tertiary alicyclic amines) is 1. The van der Waals surface area contributed by atoms with Crippen LogP contribution in [0.25, 0.3) is 0 Å². The Labute approximate surface area is 99.2 Å². The van der Waals surface area contributed by atoms with Crippen LogP contribution in [0.3, 0.4) is 0 Å². The third-order valence-corrected chi connectivity index (χ3v) is 2.96. The van der Waals surface area contributed by atoms with E-state index in [0.29, 0.717) is 5.82 Å². The van der Waals surface area contributed by atoms with Crippen LogP contribution in [-0.4, -0.2) is 30.6 Å². The lowest BCUT2D eigenvalue weighted by molar-refractivity contribution is -0.137. The summed E-state index contributed by atoms with van der Waals surface area (Å²) in [6.45, 7) is 3.67. The van der Waals surface area contributed by atoms with Gasteiger partial charge in [0.15, 0.2) is 0 Å². The average Bonchev–Trinajstić information content (AvgIpc) is 2.78. The van der Waals surface area contributed by atoms with Crippen LogP contribution in [0.5, 0.6) is 0 Å². The standard InChI is InChI=1S/C10H15N3O2S/c1-2-15-10(14)8(16-7-11)9(12)13-5-3-4-6-13/h2-6,12H2,1H3/b9-8-. The molecule has 5 nitrogen and oxygen atoms in total. The van der Waals surface area contributed by atoms with Gasteiger partial charge in [0.1, 0.15) is 16.1 Å². The van der Waals surface area contributed by atoms with Gasteiger partial charge in [-0.1, -0.05) is 0 Å². The van der Waals surface area contributed by atoms with Crippen LogP contribution >= 0.6 is 11.8 Å². The molecule has 0 atom stereocenters. The fourth-order valence-electron chi connectivity index (χ4n) is 1.54. The maximum Gasteiger partial charge on any atom is 0.349 e. The molecule has 1 heterocycles. The number of thioether (sulfide) groups is 1. The van der Waals surface area contributed by atoms with Crippen LogP contribution in [0.15, 0.2) is 10.7 Å². The van der Waals surface area contributed by atoms with Gasteiger partial charge in [0.2, 0.25) is 0 Å². The first-order valence-corrected chi connectivity index (χ1v) is 6.00. The number of nitrogens with zero attached hydrogens (tertiary/aromatic N) is 2. The number of hydrogen-bond donors (Lipinski definition) is 1. The number of ether oxygens (including phenoxy) is 1. The number of nitrogens with two attached hydrogens (primary N) is 1. The van der Waals surface area contributed by atoms with E-state index in [0.717, 1.165) is 37.7 Å². The quantitative estimate of drug-likeness (QED) is 0.449. The molecule has 16 heavy (non-hydrogen) atoms. The van der Waals surface area contributed by atoms with E-state index in [2.05, 4.69) is 0 Å². The van der Waals surface area contributed by atoms with Gasteiger partial charge < -0.3 is 15.4 Å². The van der Waals surface area contributed by atoms with Crippen molar-refractivity contribution >= 4 is 17.7 Å². The molecule has 0 bridgehead atoms. The smallest absolute Gasteiger partial charge is 0.349 e. The Morgan fingerprint density at radius 3 is 2.69 bits per heavy atom. The molecule has 1 saturated heterocycles. The van der Waals surface area contributed by atoms with E-state index in [9.17, 15) is 4.79 Å². The molecule has 6 heteroatoms. The minimum Gasteiger partial charge on any atom is -0.462 e. The predicted molar refractivity (Wildman–Crippen MR) is 61.9 cm³/mol. The van der Waals surface area contributed by atoms with E-state index in [1.54, 1.807) is 6.92 Å². The van der Waals surface area contributed by atoms with Crippen LogP contribution in [0.1, 0.15) is 19.8 Å². The highest BCUT2D eigenvalue weighted by molar-refractivity contribution is 8.08. The fraction of sp³-hybridized carbons (Fsp3) is 0.600. The molecular weight excluding hydrogens is 226 g/mol. The van der Waals surface area contributed by atoms with Crippen molar-refractivity contribution in [3.05, 3.63) is 10.7 Å². The highest BCUT2D eigenvalue weighted by Gasteiger charge is 2.22. The zero-order chi connectivity index (χ0) is 12.0. The van der Waals surface area contributed by atoms with Gasteiger partial charge in [0.05, 0.1) is 6.61 Å². The maximum absolute atomic E-state index is 11.6. The van der Waals surface area contributed by atoms with Crippen LogP contribution in [0, 0.1) is 10.7 Å². The number of carbonyl (C=O) groups is 1. The van der Waals surface area contributed by atoms with Gasteiger partial charge in [-0.25, -0.2) is 4.79 Å². The first-order chi connectivity index (χ1) is 7.70. The number of carbonyl (C=O) groups excluding carboxylic acids is 1. The van der Waals surface area contributed by atoms with Crippen molar-refractivity contribution in [2.24, 2.45) is 5.73 Å². The molecule has 1 aliphatic rings. The molecule has 0 aliphatic carbocycles. The van der Waals surface area contributed by atoms with Crippen molar-refractivity contribution in [3.8, 4) is 5.40 Å². The summed E-state index contributed by atoms with van der Waals surface area (Å²) in [6, 6.07) is 0. The van der Waals surface area contributed by atoms with Gasteiger partial charge in [-0.15, -0.1) is 0 Å². The summed E-state index contributed by atoms with van der Waals surface area (Å²) in [6.07, 6.45) is 2.13. The van der Waals surface area contributed by atoms with Crippen molar-refractivity contribution in [3.63, 3.8) is 0 Å². The molecule has 1 aliphatic heterocycles. The molecule has 0 saturated carbocycles. The number of nitriles is 1. The number of rotatable bonds is 4. The summed E-state index contributed by atoms with van der Waals surface area (Å²) in [5.41, 5.74) is 5.87. The highest BCUT2D eigenvalue weighted by Crippen LogP contribution is 2.22. The molecule has 0 aromatic carbocycles. The lowest BCUT2D eigenvalue weighted by atomic mass is 10.4. The van der Waals surface area contributed by atoms with E-state index in [-0.39, 0.29) is 11.5 Å². The minimum absolute atomic E-state index is 0.200. The summed E-state index contributed by atoms with van der Waals surface area (Å²) in [5.74, 6) is -0.152. The molecule has 88 valence electrons. The molecular formula is C10H15N3O2S. The lowest BCUT2D eigenvalue weighted by Crippen LogP contribution is -2.27. The number of hydrogen-bond acceptors (Lipinski definition) is 6. The highest BCUT2D eigenvalue weighted by atomic mass is 32.2. The normalized spacial score (nSPS) is 16.6. The molecule has 1 fully saturated rings. The Balaban J connectivity index is 2.84. The molecule has 0 spiro atoms. The third-order valence-electron chi connectivity index (χ3n) is 2.29. The summed E-state index contributed by atoms with van der Waals surface area (Å²) in [5, 5.41) is 10.5. The minimum atomic E-state index is -0.515. The van der Waals surface area contributed by atoms with Gasteiger partial charge in [0.25, 0.3) is 0 Å². The van der Waals surface area contributed by atoms with Crippen molar-refractivity contribution in [1.29, 1.82) is 5.26 Å². The Kier molecular flexibility index (Phi) is 4.99. The fourth-order valence-corrected chi connectivity index (χ4v) is 2.01. The molecule has 0 amide bonds. The van der Waals surface area contributed by atoms with E-state index < -0.39 is 5.97 Å². The summed E-state index contributed by atoms with van der Waals surface area (Å²) in [4.78, 5) is 13.7. The van der Waals surface area contributed by atoms with Crippen molar-refractivity contribution in [1.82, 2.24) is 4.90 Å². The van der Waals surface area contributed by atoms with Gasteiger partial charge in [-0.05, 0) is 19.8 Å². The Morgan fingerprint density at radius 2 is 2.19 bits per heavy atom. The molecule has 2 N–H and O–H groups in total. The van der Waals surface area contributed by atoms with E-state index in [1.165, 1.54) is 0 Å². The zero-order valence-corrected chi connectivity index (χ0v) is 10.0. The molecule has 0 unspecified atom stereocenters. The van der Waals surface area contributed by atoms with E-state index in [4.69, 9.17) is 15.7 Å². The Hall–Kier alpha value is -1.35. The molecule has 0 aromatic heterocycles. The number of esters is 1. The van der Waals surface area contributed by atoms with E-state index in [1.807, 2.05) is 10.3 Å². The summed E-state index contributed by atoms with van der Waals surface area (Å²) in [7, 11) is 0.